The molecule has 1 aromatic rings. The van der Waals surface area contributed by atoms with Gasteiger partial charge in [-0.2, -0.15) is 0 Å². The van der Waals surface area contributed by atoms with Gasteiger partial charge in [0.25, 0.3) is 0 Å². The second-order valence-electron chi connectivity index (χ2n) is 5.05. The van der Waals surface area contributed by atoms with Crippen LogP contribution in [0.3, 0.4) is 0 Å². The summed E-state index contributed by atoms with van der Waals surface area (Å²) in [6, 6.07) is 9.25. The number of aryl methyl sites for hydroxylation is 1. The molecule has 1 nitrogen and oxygen atoms in total. The Morgan fingerprint density at radius 1 is 1.24 bits per heavy atom. The molecule has 1 unspecified atom stereocenters. The van der Waals surface area contributed by atoms with Gasteiger partial charge in [0.2, 0.25) is 0 Å². The lowest BCUT2D eigenvalue weighted by Gasteiger charge is -2.28. The van der Waals surface area contributed by atoms with Crippen molar-refractivity contribution in [3.63, 3.8) is 0 Å². The van der Waals surface area contributed by atoms with Gasteiger partial charge in [0.1, 0.15) is 0 Å². The molecule has 0 bridgehead atoms. The molecule has 0 N–H and O–H groups in total. The predicted molar refractivity (Wildman–Crippen MR) is 74.6 cm³/mol. The number of halogens is 1. The van der Waals surface area contributed by atoms with Crippen molar-refractivity contribution in [3.8, 4) is 0 Å². The first-order valence-corrected chi connectivity index (χ1v) is 7.19. The van der Waals surface area contributed by atoms with E-state index >= 15 is 0 Å². The predicted octanol–water partition coefficient (Wildman–Crippen LogP) is 3.98. The molecule has 0 amide bonds. The third-order valence-electron chi connectivity index (χ3n) is 3.81. The maximum Gasteiger partial charge on any atom is 0.0379 e. The summed E-state index contributed by atoms with van der Waals surface area (Å²) in [7, 11) is 0. The lowest BCUT2D eigenvalue weighted by Crippen LogP contribution is -2.35. The monoisotopic (exact) mass is 251 g/mol. The first-order chi connectivity index (χ1) is 8.31. The topological polar surface area (TPSA) is 3.24 Å². The molecule has 1 saturated heterocycles. The first kappa shape index (κ1) is 12.9. The van der Waals surface area contributed by atoms with Crippen molar-refractivity contribution in [2.45, 2.75) is 45.2 Å². The van der Waals surface area contributed by atoms with Crippen LogP contribution < -0.4 is 0 Å². The number of rotatable bonds is 3. The number of likely N-dealkylation sites (tertiary alicyclic amines) is 1. The molecule has 2 rings (SSSR count). The smallest absolute Gasteiger partial charge is 0.0379 e. The van der Waals surface area contributed by atoms with Crippen molar-refractivity contribution in [1.82, 2.24) is 4.90 Å². The number of hydrogen-bond donors (Lipinski definition) is 0. The van der Waals surface area contributed by atoms with Crippen LogP contribution in [0.4, 0.5) is 0 Å². The van der Waals surface area contributed by atoms with Gasteiger partial charge in [-0.15, -0.1) is 11.6 Å². The summed E-state index contributed by atoms with van der Waals surface area (Å²) in [6.07, 6.45) is 5.27. The van der Waals surface area contributed by atoms with Crippen LogP contribution in [0.15, 0.2) is 24.3 Å². The first-order valence-electron chi connectivity index (χ1n) is 6.66. The SMILES string of the molecule is Cc1ccccc1CN1CCCCCC1CCl. The van der Waals surface area contributed by atoms with E-state index in [1.807, 2.05) is 0 Å². The van der Waals surface area contributed by atoms with Crippen LogP contribution in [0, 0.1) is 6.92 Å². The number of alkyl halides is 1. The summed E-state index contributed by atoms with van der Waals surface area (Å²) >= 11 is 6.11. The average Bonchev–Trinajstić information content (AvgIpc) is 2.57. The van der Waals surface area contributed by atoms with E-state index in [1.54, 1.807) is 0 Å². The highest BCUT2D eigenvalue weighted by Gasteiger charge is 2.20. The van der Waals surface area contributed by atoms with Crippen LogP contribution in [0.1, 0.15) is 36.8 Å². The minimum atomic E-state index is 0.568. The van der Waals surface area contributed by atoms with Gasteiger partial charge in [0, 0.05) is 18.5 Å². The Balaban J connectivity index is 2.07. The van der Waals surface area contributed by atoms with Gasteiger partial charge < -0.3 is 0 Å². The second kappa shape index (κ2) is 6.42. The van der Waals surface area contributed by atoms with Crippen molar-refractivity contribution in [1.29, 1.82) is 0 Å². The van der Waals surface area contributed by atoms with Gasteiger partial charge >= 0.3 is 0 Å². The molecule has 1 aromatic carbocycles. The molecule has 1 heterocycles. The summed E-state index contributed by atoms with van der Waals surface area (Å²) in [6.45, 7) is 4.46. The summed E-state index contributed by atoms with van der Waals surface area (Å²) in [5, 5.41) is 0. The Morgan fingerprint density at radius 3 is 2.82 bits per heavy atom. The molecule has 1 aliphatic heterocycles. The number of nitrogens with zero attached hydrogens (tertiary/aromatic N) is 1. The molecule has 2 heteroatoms. The molecule has 94 valence electrons. The summed E-state index contributed by atoms with van der Waals surface area (Å²) in [5.41, 5.74) is 2.84. The van der Waals surface area contributed by atoms with Gasteiger partial charge in [-0.25, -0.2) is 0 Å². The van der Waals surface area contributed by atoms with Gasteiger partial charge in [0.05, 0.1) is 0 Å². The highest BCUT2D eigenvalue weighted by atomic mass is 35.5. The van der Waals surface area contributed by atoms with Crippen LogP contribution in [-0.2, 0) is 6.54 Å². The average molecular weight is 252 g/mol. The van der Waals surface area contributed by atoms with E-state index in [9.17, 15) is 0 Å². The van der Waals surface area contributed by atoms with E-state index in [0.29, 0.717) is 6.04 Å². The Morgan fingerprint density at radius 2 is 2.06 bits per heavy atom. The van der Waals surface area contributed by atoms with E-state index in [2.05, 4.69) is 36.1 Å². The van der Waals surface area contributed by atoms with E-state index in [1.165, 1.54) is 43.4 Å². The van der Waals surface area contributed by atoms with Crippen molar-refractivity contribution in [2.24, 2.45) is 0 Å². The van der Waals surface area contributed by atoms with Crippen LogP contribution in [0.2, 0.25) is 0 Å². The van der Waals surface area contributed by atoms with Crippen molar-refractivity contribution >= 4 is 11.6 Å². The fourth-order valence-electron chi connectivity index (χ4n) is 2.63. The zero-order valence-corrected chi connectivity index (χ0v) is 11.4. The molecular weight excluding hydrogens is 230 g/mol. The minimum Gasteiger partial charge on any atom is -0.295 e. The van der Waals surface area contributed by atoms with Gasteiger partial charge in [0.15, 0.2) is 0 Å². The molecule has 1 aliphatic rings. The largest absolute Gasteiger partial charge is 0.295 e. The standard InChI is InChI=1S/C15H22ClN/c1-13-7-4-5-8-14(13)12-17-10-6-2-3-9-15(17)11-16/h4-5,7-8,15H,2-3,6,9-12H2,1H3. The lowest BCUT2D eigenvalue weighted by atomic mass is 10.1. The van der Waals surface area contributed by atoms with Crippen molar-refractivity contribution in [2.75, 3.05) is 12.4 Å². The quantitative estimate of drug-likeness (QED) is 0.735. The molecule has 17 heavy (non-hydrogen) atoms. The molecule has 1 atom stereocenters. The van der Waals surface area contributed by atoms with E-state index < -0.39 is 0 Å². The summed E-state index contributed by atoms with van der Waals surface area (Å²) < 4.78 is 0. The van der Waals surface area contributed by atoms with Crippen molar-refractivity contribution in [3.05, 3.63) is 35.4 Å². The van der Waals surface area contributed by atoms with Crippen LogP contribution in [-0.4, -0.2) is 23.4 Å². The van der Waals surface area contributed by atoms with Crippen LogP contribution in [0.5, 0.6) is 0 Å². The van der Waals surface area contributed by atoms with Gasteiger partial charge in [-0.3, -0.25) is 4.90 Å². The lowest BCUT2D eigenvalue weighted by molar-refractivity contribution is 0.207. The maximum absolute atomic E-state index is 6.11. The normalized spacial score (nSPS) is 22.4. The van der Waals surface area contributed by atoms with Gasteiger partial charge in [-0.1, -0.05) is 37.1 Å². The maximum atomic E-state index is 6.11. The Labute approximate surface area is 110 Å². The third-order valence-corrected chi connectivity index (χ3v) is 4.17. The fourth-order valence-corrected chi connectivity index (χ4v) is 2.98. The van der Waals surface area contributed by atoms with E-state index in [0.717, 1.165) is 12.4 Å². The van der Waals surface area contributed by atoms with Crippen LogP contribution in [0.25, 0.3) is 0 Å². The fraction of sp³-hybridized carbons (Fsp3) is 0.600. The highest BCUT2D eigenvalue weighted by molar-refractivity contribution is 6.18. The molecular formula is C15H22ClN. The Kier molecular flexibility index (Phi) is 4.87. The summed E-state index contributed by atoms with van der Waals surface area (Å²) in [5.74, 6) is 0.770. The van der Waals surface area contributed by atoms with Crippen LogP contribution >= 0.6 is 11.6 Å². The van der Waals surface area contributed by atoms with E-state index in [-0.39, 0.29) is 0 Å². The van der Waals surface area contributed by atoms with Gasteiger partial charge in [-0.05, 0) is 37.4 Å². The highest BCUT2D eigenvalue weighted by Crippen LogP contribution is 2.21. The molecule has 0 aliphatic carbocycles. The molecule has 0 aromatic heterocycles. The zero-order valence-electron chi connectivity index (χ0n) is 10.7. The zero-order chi connectivity index (χ0) is 12.1. The summed E-state index contributed by atoms with van der Waals surface area (Å²) in [4.78, 5) is 2.57. The Hall–Kier alpha value is -0.530. The minimum absolute atomic E-state index is 0.568. The Bertz CT molecular complexity index is 351. The van der Waals surface area contributed by atoms with Crippen molar-refractivity contribution < 1.29 is 0 Å². The molecule has 0 spiro atoms. The second-order valence-corrected chi connectivity index (χ2v) is 5.36. The van der Waals surface area contributed by atoms with E-state index in [4.69, 9.17) is 11.6 Å². The molecule has 0 saturated carbocycles. The molecule has 1 fully saturated rings. The third kappa shape index (κ3) is 3.46. The molecule has 0 radical (unpaired) electrons. The number of benzene rings is 1. The number of hydrogen-bond acceptors (Lipinski definition) is 1.